The Morgan fingerprint density at radius 1 is 1.38 bits per heavy atom. The summed E-state index contributed by atoms with van der Waals surface area (Å²) in [7, 11) is 0. The van der Waals surface area contributed by atoms with Crippen molar-refractivity contribution in [2.24, 2.45) is 5.92 Å². The topological polar surface area (TPSA) is 66.0 Å². The maximum Gasteiger partial charge on any atom is 0.337 e. The van der Waals surface area contributed by atoms with E-state index in [0.717, 1.165) is 30.6 Å². The Bertz CT molecular complexity index is 666. The van der Waals surface area contributed by atoms with E-state index in [2.05, 4.69) is 18.8 Å². The number of carboxylic acids is 1. The molecular formula is C17H22N2O2. The van der Waals surface area contributed by atoms with Crippen LogP contribution in [0.25, 0.3) is 11.0 Å². The summed E-state index contributed by atoms with van der Waals surface area (Å²) in [5.41, 5.74) is 1.81. The molecule has 1 fully saturated rings. The molecule has 1 aromatic heterocycles. The number of imidazole rings is 1. The molecule has 1 saturated carbocycles. The average Bonchev–Trinajstić information content (AvgIpc) is 3.03. The molecular weight excluding hydrogens is 264 g/mol. The summed E-state index contributed by atoms with van der Waals surface area (Å²) >= 11 is 0. The van der Waals surface area contributed by atoms with Gasteiger partial charge in [0.25, 0.3) is 0 Å². The van der Waals surface area contributed by atoms with Crippen LogP contribution in [0.4, 0.5) is 0 Å². The van der Waals surface area contributed by atoms with E-state index < -0.39 is 5.97 Å². The standard InChI is InChI=1S/C17H22N2O2/c1-11(2)10-17(8-3-4-9-17)16-18-13-7-5-6-12(15(20)21)14(13)19-16/h5-7,11H,3-4,8-10H2,1-2H3,(H,18,19)(H,20,21). The minimum atomic E-state index is -0.914. The van der Waals surface area contributed by atoms with E-state index in [1.807, 2.05) is 6.07 Å². The summed E-state index contributed by atoms with van der Waals surface area (Å²) in [6, 6.07) is 5.31. The molecule has 2 N–H and O–H groups in total. The molecule has 4 heteroatoms. The number of fused-ring (bicyclic) bond motifs is 1. The van der Waals surface area contributed by atoms with E-state index in [1.54, 1.807) is 12.1 Å². The van der Waals surface area contributed by atoms with Crippen molar-refractivity contribution in [3.8, 4) is 0 Å². The molecule has 2 aromatic rings. The lowest BCUT2D eigenvalue weighted by Gasteiger charge is -2.28. The van der Waals surface area contributed by atoms with Gasteiger partial charge in [0.05, 0.1) is 11.1 Å². The zero-order chi connectivity index (χ0) is 15.0. The predicted octanol–water partition coefficient (Wildman–Crippen LogP) is 4.12. The molecule has 0 aliphatic heterocycles. The van der Waals surface area contributed by atoms with Gasteiger partial charge in [0.1, 0.15) is 11.3 Å². The molecule has 0 saturated heterocycles. The van der Waals surface area contributed by atoms with Crippen LogP contribution >= 0.6 is 0 Å². The van der Waals surface area contributed by atoms with Gasteiger partial charge in [-0.15, -0.1) is 0 Å². The number of benzene rings is 1. The summed E-state index contributed by atoms with van der Waals surface area (Å²) in [5.74, 6) is 0.677. The first-order chi connectivity index (χ1) is 10.0. The fraction of sp³-hybridized carbons (Fsp3) is 0.529. The van der Waals surface area contributed by atoms with Crippen LogP contribution in [0.1, 0.15) is 62.1 Å². The van der Waals surface area contributed by atoms with Crippen molar-refractivity contribution >= 4 is 17.0 Å². The molecule has 21 heavy (non-hydrogen) atoms. The van der Waals surface area contributed by atoms with Gasteiger partial charge in [0, 0.05) is 5.41 Å². The SMILES string of the molecule is CC(C)CC1(c2nc3c(C(=O)O)cccc3[nH]2)CCCC1. The maximum atomic E-state index is 11.3. The summed E-state index contributed by atoms with van der Waals surface area (Å²) in [6.45, 7) is 4.48. The Balaban J connectivity index is 2.11. The van der Waals surface area contributed by atoms with Gasteiger partial charge < -0.3 is 10.1 Å². The first kappa shape index (κ1) is 14.1. The minimum absolute atomic E-state index is 0.100. The second-order valence-corrected chi connectivity index (χ2v) is 6.68. The summed E-state index contributed by atoms with van der Waals surface area (Å²) in [6.07, 6.45) is 5.86. The quantitative estimate of drug-likeness (QED) is 0.888. The number of nitrogens with zero attached hydrogens (tertiary/aromatic N) is 1. The molecule has 3 rings (SSSR count). The van der Waals surface area contributed by atoms with Gasteiger partial charge in [-0.25, -0.2) is 9.78 Å². The number of hydrogen-bond acceptors (Lipinski definition) is 2. The number of aromatic nitrogens is 2. The van der Waals surface area contributed by atoms with Crippen LogP contribution in [0, 0.1) is 5.92 Å². The van der Waals surface area contributed by atoms with Crippen molar-refractivity contribution in [1.29, 1.82) is 0 Å². The van der Waals surface area contributed by atoms with E-state index in [4.69, 9.17) is 4.98 Å². The highest BCUT2D eigenvalue weighted by Crippen LogP contribution is 2.45. The van der Waals surface area contributed by atoms with Crippen molar-refractivity contribution in [3.05, 3.63) is 29.6 Å². The molecule has 4 nitrogen and oxygen atoms in total. The number of carbonyl (C=O) groups is 1. The molecule has 1 aliphatic carbocycles. The summed E-state index contributed by atoms with van der Waals surface area (Å²) in [5, 5.41) is 9.31. The molecule has 0 radical (unpaired) electrons. The summed E-state index contributed by atoms with van der Waals surface area (Å²) in [4.78, 5) is 19.5. The van der Waals surface area contributed by atoms with Gasteiger partial charge in [0.2, 0.25) is 0 Å². The third-order valence-corrected chi connectivity index (χ3v) is 4.61. The summed E-state index contributed by atoms with van der Waals surface area (Å²) < 4.78 is 0. The molecule has 1 aromatic carbocycles. The predicted molar refractivity (Wildman–Crippen MR) is 82.7 cm³/mol. The monoisotopic (exact) mass is 286 g/mol. The zero-order valence-electron chi connectivity index (χ0n) is 12.6. The van der Waals surface area contributed by atoms with Gasteiger partial charge in [-0.1, -0.05) is 32.8 Å². The lowest BCUT2D eigenvalue weighted by Crippen LogP contribution is -2.25. The van der Waals surface area contributed by atoms with E-state index in [-0.39, 0.29) is 11.0 Å². The van der Waals surface area contributed by atoms with Gasteiger partial charge in [-0.3, -0.25) is 0 Å². The van der Waals surface area contributed by atoms with Gasteiger partial charge in [-0.2, -0.15) is 0 Å². The van der Waals surface area contributed by atoms with Gasteiger partial charge in [-0.05, 0) is 37.3 Å². The van der Waals surface area contributed by atoms with E-state index >= 15 is 0 Å². The van der Waals surface area contributed by atoms with Gasteiger partial charge in [0.15, 0.2) is 0 Å². The Kier molecular flexibility index (Phi) is 3.47. The van der Waals surface area contributed by atoms with Gasteiger partial charge >= 0.3 is 5.97 Å². The molecule has 0 amide bonds. The average molecular weight is 286 g/mol. The molecule has 0 unspecified atom stereocenters. The van der Waals surface area contributed by atoms with Crippen LogP contribution in [0.2, 0.25) is 0 Å². The normalized spacial score (nSPS) is 17.7. The van der Waals surface area contributed by atoms with Crippen LogP contribution in [-0.4, -0.2) is 21.0 Å². The van der Waals surface area contributed by atoms with Crippen LogP contribution in [0.5, 0.6) is 0 Å². The number of carboxylic acid groups (broad SMARTS) is 1. The minimum Gasteiger partial charge on any atom is -0.478 e. The van der Waals surface area contributed by atoms with Crippen molar-refractivity contribution < 1.29 is 9.90 Å². The van der Waals surface area contributed by atoms with Crippen molar-refractivity contribution in [2.45, 2.75) is 51.4 Å². The van der Waals surface area contributed by atoms with E-state index in [9.17, 15) is 9.90 Å². The van der Waals surface area contributed by atoms with Crippen LogP contribution < -0.4 is 0 Å². The van der Waals surface area contributed by atoms with Crippen LogP contribution in [-0.2, 0) is 5.41 Å². The number of aromatic amines is 1. The molecule has 112 valence electrons. The first-order valence-corrected chi connectivity index (χ1v) is 7.74. The fourth-order valence-corrected chi connectivity index (χ4v) is 3.83. The third kappa shape index (κ3) is 2.43. The highest BCUT2D eigenvalue weighted by molar-refractivity contribution is 6.00. The highest BCUT2D eigenvalue weighted by Gasteiger charge is 2.39. The Morgan fingerprint density at radius 3 is 2.71 bits per heavy atom. The first-order valence-electron chi connectivity index (χ1n) is 7.74. The smallest absolute Gasteiger partial charge is 0.337 e. The Morgan fingerprint density at radius 2 is 2.10 bits per heavy atom. The number of para-hydroxylation sites is 1. The molecule has 0 spiro atoms. The van der Waals surface area contributed by atoms with E-state index in [1.165, 1.54) is 12.8 Å². The molecule has 0 atom stereocenters. The van der Waals surface area contributed by atoms with Crippen LogP contribution in [0.15, 0.2) is 18.2 Å². The number of rotatable bonds is 4. The lowest BCUT2D eigenvalue weighted by molar-refractivity contribution is 0.0699. The second kappa shape index (κ2) is 5.17. The van der Waals surface area contributed by atoms with Crippen molar-refractivity contribution in [1.82, 2.24) is 9.97 Å². The maximum absolute atomic E-state index is 11.3. The fourth-order valence-electron chi connectivity index (χ4n) is 3.83. The van der Waals surface area contributed by atoms with Crippen molar-refractivity contribution in [2.75, 3.05) is 0 Å². The van der Waals surface area contributed by atoms with Crippen molar-refractivity contribution in [3.63, 3.8) is 0 Å². The number of hydrogen-bond donors (Lipinski definition) is 2. The molecule has 0 bridgehead atoms. The number of H-pyrrole nitrogens is 1. The molecule has 1 heterocycles. The second-order valence-electron chi connectivity index (χ2n) is 6.68. The Hall–Kier alpha value is -1.84. The number of aromatic carboxylic acids is 1. The molecule has 1 aliphatic rings. The highest BCUT2D eigenvalue weighted by atomic mass is 16.4. The van der Waals surface area contributed by atoms with E-state index in [0.29, 0.717) is 11.4 Å². The largest absolute Gasteiger partial charge is 0.478 e. The number of nitrogens with one attached hydrogen (secondary N) is 1. The third-order valence-electron chi connectivity index (χ3n) is 4.61. The van der Waals surface area contributed by atoms with Crippen LogP contribution in [0.3, 0.4) is 0 Å². The Labute approximate surface area is 124 Å². The lowest BCUT2D eigenvalue weighted by atomic mass is 9.78. The zero-order valence-corrected chi connectivity index (χ0v) is 12.6.